The van der Waals surface area contributed by atoms with Gasteiger partial charge in [0.1, 0.15) is 5.76 Å². The van der Waals surface area contributed by atoms with Crippen LogP contribution in [0, 0.1) is 0 Å². The van der Waals surface area contributed by atoms with Crippen molar-refractivity contribution in [3.63, 3.8) is 0 Å². The molecule has 0 saturated carbocycles. The average Bonchev–Trinajstić information content (AvgIpc) is 3.60. The smallest absolute Gasteiger partial charge is 0.439 e. The molecule has 5 aromatic rings. The van der Waals surface area contributed by atoms with E-state index in [-0.39, 0.29) is 24.7 Å². The van der Waals surface area contributed by atoms with Gasteiger partial charge >= 0.3 is 17.7 Å². The first-order valence-corrected chi connectivity index (χ1v) is 13.5. The summed E-state index contributed by atoms with van der Waals surface area (Å²) in [6.45, 7) is 3.74. The van der Waals surface area contributed by atoms with Crippen molar-refractivity contribution in [2.75, 3.05) is 19.8 Å². The zero-order valence-corrected chi connectivity index (χ0v) is 23.3. The van der Waals surface area contributed by atoms with Crippen LogP contribution in [0.3, 0.4) is 0 Å². The van der Waals surface area contributed by atoms with Crippen LogP contribution in [-0.2, 0) is 25.5 Å². The minimum absolute atomic E-state index is 0.189. The minimum Gasteiger partial charge on any atom is -0.479 e. The summed E-state index contributed by atoms with van der Waals surface area (Å²) in [6.07, 6.45) is 0. The summed E-state index contributed by atoms with van der Waals surface area (Å²) in [4.78, 5) is 43.4. The second-order valence-corrected chi connectivity index (χ2v) is 9.59. The Hall–Kier alpha value is -5.65. The number of carbonyl (C=O) groups is 2. The maximum Gasteiger partial charge on any atom is 0.439 e. The maximum absolute atomic E-state index is 13.3. The average molecular weight is 583 g/mol. The Bertz CT molecular complexity index is 1920. The number of nitrogens with one attached hydrogen (secondary N) is 1. The van der Waals surface area contributed by atoms with Gasteiger partial charge in [-0.05, 0) is 42.7 Å². The molecule has 0 radical (unpaired) electrons. The van der Waals surface area contributed by atoms with Crippen molar-refractivity contribution in [1.82, 2.24) is 19.7 Å². The number of H-pyrrole nitrogens is 1. The number of imidazole rings is 1. The fourth-order valence-electron chi connectivity index (χ4n) is 4.83. The molecule has 1 N–H and O–H groups in total. The van der Waals surface area contributed by atoms with Gasteiger partial charge < -0.3 is 18.9 Å². The number of allylic oxidation sites excluding steroid dienone is 1. The van der Waals surface area contributed by atoms with Crippen LogP contribution in [0.5, 0.6) is 6.01 Å². The lowest BCUT2D eigenvalue weighted by molar-refractivity contribution is -0.147. The topological polar surface area (TPSA) is 148 Å². The highest BCUT2D eigenvalue weighted by Gasteiger charge is 2.23. The molecule has 2 aromatic heterocycles. The largest absolute Gasteiger partial charge is 0.479 e. The molecular weight excluding hydrogens is 556 g/mol. The van der Waals surface area contributed by atoms with Crippen LogP contribution in [-0.4, -0.2) is 51.5 Å². The number of nitrogens with zero attached hydrogens (tertiary/aromatic N) is 3. The third-order valence-corrected chi connectivity index (χ3v) is 6.81. The van der Waals surface area contributed by atoms with E-state index in [0.717, 1.165) is 22.3 Å². The van der Waals surface area contributed by atoms with E-state index in [0.29, 0.717) is 41.6 Å². The molecule has 1 aliphatic heterocycles. The molecule has 0 bridgehead atoms. The van der Waals surface area contributed by atoms with Gasteiger partial charge in [0.05, 0.1) is 29.7 Å². The molecule has 0 aliphatic carbocycles. The molecule has 3 heterocycles. The van der Waals surface area contributed by atoms with Gasteiger partial charge in [0.15, 0.2) is 24.8 Å². The third-order valence-electron chi connectivity index (χ3n) is 6.81. The van der Waals surface area contributed by atoms with Crippen molar-refractivity contribution >= 4 is 23.0 Å². The first kappa shape index (κ1) is 27.5. The summed E-state index contributed by atoms with van der Waals surface area (Å²) in [6, 6.07) is 21.0. The van der Waals surface area contributed by atoms with Crippen LogP contribution < -0.4 is 10.5 Å². The normalized spacial score (nSPS) is 13.1. The Labute approximate surface area is 244 Å². The Balaban J connectivity index is 1.30. The van der Waals surface area contributed by atoms with E-state index in [9.17, 15) is 14.4 Å². The number of cyclic esters (lactones) is 1. The minimum atomic E-state index is -0.624. The highest BCUT2D eigenvalue weighted by molar-refractivity contribution is 6.02. The molecule has 12 heteroatoms. The zero-order chi connectivity index (χ0) is 29.9. The van der Waals surface area contributed by atoms with Crippen molar-refractivity contribution in [3.8, 4) is 28.5 Å². The molecule has 1 aliphatic rings. The predicted octanol–water partition coefficient (Wildman–Crippen LogP) is 4.46. The van der Waals surface area contributed by atoms with E-state index >= 15 is 0 Å². The summed E-state index contributed by atoms with van der Waals surface area (Å²) < 4.78 is 28.3. The van der Waals surface area contributed by atoms with Crippen LogP contribution in [0.2, 0.25) is 0 Å². The monoisotopic (exact) mass is 582 g/mol. The SMILES string of the molecule is CCOc1nc2cccc(C(=O)OCC3=C(C)OC(=O)CO3)c2n1Cc1ccc(-c2ccccc2-c2noc(=O)[nH]2)cc1. The number of aromatic nitrogens is 4. The summed E-state index contributed by atoms with van der Waals surface area (Å²) >= 11 is 0. The first-order chi connectivity index (χ1) is 20.9. The Morgan fingerprint density at radius 1 is 1.02 bits per heavy atom. The van der Waals surface area contributed by atoms with Crippen LogP contribution in [0.25, 0.3) is 33.5 Å². The van der Waals surface area contributed by atoms with Gasteiger partial charge in [0, 0.05) is 5.56 Å². The van der Waals surface area contributed by atoms with Gasteiger partial charge in [-0.25, -0.2) is 14.4 Å². The van der Waals surface area contributed by atoms with E-state index in [2.05, 4.69) is 15.1 Å². The number of carbonyl (C=O) groups excluding carboxylic acids is 2. The second-order valence-electron chi connectivity index (χ2n) is 9.59. The molecule has 6 rings (SSSR count). The van der Waals surface area contributed by atoms with Gasteiger partial charge in [0.2, 0.25) is 0 Å². The summed E-state index contributed by atoms with van der Waals surface area (Å²) in [5.74, 6) is -0.841. The third kappa shape index (κ3) is 5.62. The number of esters is 2. The number of hydrogen-bond acceptors (Lipinski definition) is 10. The van der Waals surface area contributed by atoms with E-state index in [1.165, 1.54) is 0 Å². The first-order valence-electron chi connectivity index (χ1n) is 13.5. The molecule has 0 saturated heterocycles. The summed E-state index contributed by atoms with van der Waals surface area (Å²) in [7, 11) is 0. The number of ether oxygens (including phenoxy) is 4. The fraction of sp³-hybridized carbons (Fsp3) is 0.194. The zero-order valence-electron chi connectivity index (χ0n) is 23.3. The molecule has 43 heavy (non-hydrogen) atoms. The van der Waals surface area contributed by atoms with Crippen molar-refractivity contribution in [1.29, 1.82) is 0 Å². The van der Waals surface area contributed by atoms with Crippen LogP contribution in [0.15, 0.2) is 87.6 Å². The van der Waals surface area contributed by atoms with E-state index < -0.39 is 17.7 Å². The molecule has 12 nitrogen and oxygen atoms in total. The maximum atomic E-state index is 13.3. The number of para-hydroxylation sites is 1. The van der Waals surface area contributed by atoms with E-state index in [1.54, 1.807) is 25.1 Å². The van der Waals surface area contributed by atoms with Gasteiger partial charge in [-0.2, -0.15) is 4.98 Å². The molecule has 0 unspecified atom stereocenters. The molecule has 0 spiro atoms. The van der Waals surface area contributed by atoms with Gasteiger partial charge in [-0.3, -0.25) is 14.1 Å². The molecule has 218 valence electrons. The van der Waals surface area contributed by atoms with Crippen LogP contribution >= 0.6 is 0 Å². The number of aromatic amines is 1. The predicted molar refractivity (Wildman–Crippen MR) is 153 cm³/mol. The molecule has 3 aromatic carbocycles. The molecular formula is C31H26N4O8. The Kier molecular flexibility index (Phi) is 7.48. The second kappa shape index (κ2) is 11.7. The van der Waals surface area contributed by atoms with E-state index in [4.69, 9.17) is 23.5 Å². The highest BCUT2D eigenvalue weighted by atomic mass is 16.6. The van der Waals surface area contributed by atoms with Crippen LogP contribution in [0.1, 0.15) is 29.8 Å². The highest BCUT2D eigenvalue weighted by Crippen LogP contribution is 2.31. The number of benzene rings is 3. The standard InChI is InChI=1S/C31H26N4O8/c1-3-39-30-32-24-10-6-9-23(29(37)41-16-25-18(2)42-26(36)17-40-25)27(24)35(30)15-19-11-13-20(14-12-19)21-7-4-5-8-22(21)28-33-31(38)43-34-28/h4-14H,3,15-17H2,1-2H3,(H,33,34,38). The van der Waals surface area contributed by atoms with E-state index in [1.807, 2.05) is 60.0 Å². The van der Waals surface area contributed by atoms with Gasteiger partial charge in [-0.15, -0.1) is 0 Å². The number of rotatable bonds is 9. The molecule has 0 amide bonds. The number of fused-ring (bicyclic) bond motifs is 1. The lowest BCUT2D eigenvalue weighted by atomic mass is 9.98. The molecule has 0 atom stereocenters. The van der Waals surface area contributed by atoms with Gasteiger partial charge in [-0.1, -0.05) is 59.8 Å². The lowest BCUT2D eigenvalue weighted by Gasteiger charge is -2.18. The Morgan fingerprint density at radius 3 is 2.53 bits per heavy atom. The number of hydrogen-bond donors (Lipinski definition) is 1. The van der Waals surface area contributed by atoms with Crippen molar-refractivity contribution in [3.05, 3.63) is 99.9 Å². The van der Waals surface area contributed by atoms with Crippen LogP contribution in [0.4, 0.5) is 0 Å². The fourth-order valence-corrected chi connectivity index (χ4v) is 4.83. The summed E-state index contributed by atoms with van der Waals surface area (Å²) in [5.41, 5.74) is 4.87. The Morgan fingerprint density at radius 2 is 1.81 bits per heavy atom. The molecule has 0 fully saturated rings. The van der Waals surface area contributed by atoms with Crippen molar-refractivity contribution < 1.29 is 33.1 Å². The van der Waals surface area contributed by atoms with Crippen molar-refractivity contribution in [2.24, 2.45) is 0 Å². The lowest BCUT2D eigenvalue weighted by Crippen LogP contribution is -2.22. The van der Waals surface area contributed by atoms with Gasteiger partial charge in [0.25, 0.3) is 6.01 Å². The van der Waals surface area contributed by atoms with Crippen molar-refractivity contribution in [2.45, 2.75) is 20.4 Å². The summed E-state index contributed by atoms with van der Waals surface area (Å²) in [5, 5.41) is 3.83. The quantitative estimate of drug-likeness (QED) is 0.247.